The molecular weight excluding hydrogens is 370 g/mol. The zero-order valence-electron chi connectivity index (χ0n) is 17.2. The zero-order chi connectivity index (χ0) is 20.4. The molecule has 8 heteroatoms. The number of carbonyl (C=O) groups excluding carboxylic acids is 1. The van der Waals surface area contributed by atoms with Crippen molar-refractivity contribution in [1.82, 2.24) is 25.2 Å². The lowest BCUT2D eigenvalue weighted by Gasteiger charge is -2.35. The molecule has 1 amide bonds. The van der Waals surface area contributed by atoms with E-state index in [0.717, 1.165) is 43.2 Å². The maximum absolute atomic E-state index is 12.7. The summed E-state index contributed by atoms with van der Waals surface area (Å²) in [5.74, 6) is 1.73. The molecule has 0 spiro atoms. The average molecular weight is 399 g/mol. The summed E-state index contributed by atoms with van der Waals surface area (Å²) < 4.78 is 5.38. The SMILES string of the molecule is Cc1cc(-c2cc(=O)[nH]nc2C2CCN(C(=O)CN3CCC(C)CC3)CC2)on1. The number of likely N-dealkylation sites (tertiary alicyclic amines) is 2. The van der Waals surface area contributed by atoms with E-state index in [-0.39, 0.29) is 17.4 Å². The maximum Gasteiger partial charge on any atom is 0.264 e. The Balaban J connectivity index is 1.40. The van der Waals surface area contributed by atoms with Crippen LogP contribution in [0.25, 0.3) is 11.3 Å². The van der Waals surface area contributed by atoms with Crippen LogP contribution in [0.2, 0.25) is 0 Å². The van der Waals surface area contributed by atoms with Crippen LogP contribution in [0.1, 0.15) is 49.9 Å². The predicted octanol–water partition coefficient (Wildman–Crippen LogP) is 2.17. The molecule has 0 unspecified atom stereocenters. The van der Waals surface area contributed by atoms with Gasteiger partial charge in [-0.05, 0) is 51.6 Å². The average Bonchev–Trinajstić information content (AvgIpc) is 3.16. The molecule has 0 bridgehead atoms. The number of nitrogens with zero attached hydrogens (tertiary/aromatic N) is 4. The van der Waals surface area contributed by atoms with Gasteiger partial charge < -0.3 is 9.42 Å². The Bertz CT molecular complexity index is 905. The Morgan fingerprint density at radius 1 is 1.17 bits per heavy atom. The first-order valence-electron chi connectivity index (χ1n) is 10.5. The molecule has 0 aliphatic carbocycles. The van der Waals surface area contributed by atoms with Crippen molar-refractivity contribution in [3.05, 3.63) is 33.9 Å². The van der Waals surface area contributed by atoms with Crippen molar-refractivity contribution < 1.29 is 9.32 Å². The van der Waals surface area contributed by atoms with Crippen LogP contribution in [0.4, 0.5) is 0 Å². The van der Waals surface area contributed by atoms with E-state index in [4.69, 9.17) is 4.52 Å². The van der Waals surface area contributed by atoms with Crippen LogP contribution in [0, 0.1) is 12.8 Å². The molecule has 1 N–H and O–H groups in total. The smallest absolute Gasteiger partial charge is 0.264 e. The van der Waals surface area contributed by atoms with Gasteiger partial charge in [-0.1, -0.05) is 12.1 Å². The van der Waals surface area contributed by atoms with Crippen LogP contribution in [0.5, 0.6) is 0 Å². The van der Waals surface area contributed by atoms with Gasteiger partial charge in [0.1, 0.15) is 0 Å². The van der Waals surface area contributed by atoms with Gasteiger partial charge in [0, 0.05) is 36.7 Å². The van der Waals surface area contributed by atoms with Gasteiger partial charge in [0.05, 0.1) is 17.9 Å². The Morgan fingerprint density at radius 3 is 2.55 bits per heavy atom. The molecule has 0 aromatic carbocycles. The molecule has 2 saturated heterocycles. The lowest BCUT2D eigenvalue weighted by Crippen LogP contribution is -2.45. The molecule has 2 fully saturated rings. The van der Waals surface area contributed by atoms with E-state index >= 15 is 0 Å². The summed E-state index contributed by atoms with van der Waals surface area (Å²) in [6.45, 7) is 8.11. The highest BCUT2D eigenvalue weighted by atomic mass is 16.5. The highest BCUT2D eigenvalue weighted by Crippen LogP contribution is 2.33. The van der Waals surface area contributed by atoms with Crippen molar-refractivity contribution in [3.63, 3.8) is 0 Å². The molecule has 29 heavy (non-hydrogen) atoms. The third kappa shape index (κ3) is 4.58. The quantitative estimate of drug-likeness (QED) is 0.847. The third-order valence-electron chi connectivity index (χ3n) is 6.20. The number of aromatic nitrogens is 3. The van der Waals surface area contributed by atoms with E-state index in [9.17, 15) is 9.59 Å². The largest absolute Gasteiger partial charge is 0.356 e. The van der Waals surface area contributed by atoms with Crippen LogP contribution in [0.15, 0.2) is 21.5 Å². The molecule has 4 heterocycles. The molecule has 0 radical (unpaired) electrons. The second kappa shape index (κ2) is 8.49. The number of nitrogens with one attached hydrogen (secondary N) is 1. The molecule has 2 aromatic rings. The summed E-state index contributed by atoms with van der Waals surface area (Å²) in [4.78, 5) is 28.8. The lowest BCUT2D eigenvalue weighted by atomic mass is 9.90. The molecule has 8 nitrogen and oxygen atoms in total. The van der Waals surface area contributed by atoms with E-state index in [1.807, 2.05) is 17.9 Å². The zero-order valence-corrected chi connectivity index (χ0v) is 17.2. The second-order valence-corrected chi connectivity index (χ2v) is 8.48. The number of aromatic amines is 1. The molecular formula is C21H29N5O3. The minimum Gasteiger partial charge on any atom is -0.356 e. The standard InChI is InChI=1S/C21H29N5O3/c1-14-3-7-25(8-4-14)13-20(28)26-9-5-16(6-10-26)21-17(12-19(27)22-23-21)18-11-15(2)24-29-18/h11-12,14,16H,3-10,13H2,1-2H3,(H,22,27). The summed E-state index contributed by atoms with van der Waals surface area (Å²) in [5.41, 5.74) is 2.01. The molecule has 156 valence electrons. The van der Waals surface area contributed by atoms with Crippen LogP contribution in [-0.4, -0.2) is 63.8 Å². The van der Waals surface area contributed by atoms with Crippen LogP contribution >= 0.6 is 0 Å². The van der Waals surface area contributed by atoms with Crippen LogP contribution < -0.4 is 5.56 Å². The molecule has 2 aliphatic rings. The van der Waals surface area contributed by atoms with Gasteiger partial charge in [0.2, 0.25) is 5.91 Å². The minimum absolute atomic E-state index is 0.173. The van der Waals surface area contributed by atoms with E-state index in [1.165, 1.54) is 18.9 Å². The van der Waals surface area contributed by atoms with E-state index < -0.39 is 0 Å². The van der Waals surface area contributed by atoms with Crippen molar-refractivity contribution in [3.8, 4) is 11.3 Å². The first kappa shape index (κ1) is 19.8. The molecule has 2 aromatic heterocycles. The molecule has 0 atom stereocenters. The highest BCUT2D eigenvalue weighted by Gasteiger charge is 2.29. The number of hydrogen-bond acceptors (Lipinski definition) is 6. The Hall–Kier alpha value is -2.48. The van der Waals surface area contributed by atoms with Crippen LogP contribution in [0.3, 0.4) is 0 Å². The van der Waals surface area contributed by atoms with Crippen molar-refractivity contribution in [2.75, 3.05) is 32.7 Å². The second-order valence-electron chi connectivity index (χ2n) is 8.48. The van der Waals surface area contributed by atoms with Crippen molar-refractivity contribution in [1.29, 1.82) is 0 Å². The van der Waals surface area contributed by atoms with Crippen LogP contribution in [-0.2, 0) is 4.79 Å². The minimum atomic E-state index is -0.263. The third-order valence-corrected chi connectivity index (χ3v) is 6.20. The summed E-state index contributed by atoms with van der Waals surface area (Å²) >= 11 is 0. The fraction of sp³-hybridized carbons (Fsp3) is 0.619. The summed E-state index contributed by atoms with van der Waals surface area (Å²) in [6.07, 6.45) is 4.00. The van der Waals surface area contributed by atoms with E-state index in [0.29, 0.717) is 31.0 Å². The number of hydrogen-bond donors (Lipinski definition) is 1. The van der Waals surface area contributed by atoms with Gasteiger partial charge in [-0.25, -0.2) is 5.10 Å². The molecule has 2 aliphatic heterocycles. The van der Waals surface area contributed by atoms with E-state index in [2.05, 4.69) is 27.2 Å². The summed E-state index contributed by atoms with van der Waals surface area (Å²) in [6, 6.07) is 3.34. The van der Waals surface area contributed by atoms with Crippen molar-refractivity contribution >= 4 is 5.91 Å². The number of aryl methyl sites for hydroxylation is 1. The maximum atomic E-state index is 12.7. The Morgan fingerprint density at radius 2 is 1.90 bits per heavy atom. The molecule has 4 rings (SSSR count). The number of piperidine rings is 2. The normalized spacial score (nSPS) is 19.6. The Labute approximate surface area is 170 Å². The number of rotatable bonds is 4. The van der Waals surface area contributed by atoms with Gasteiger partial charge in [0.25, 0.3) is 5.56 Å². The topological polar surface area (TPSA) is 95.3 Å². The van der Waals surface area contributed by atoms with E-state index in [1.54, 1.807) is 0 Å². The first-order valence-corrected chi connectivity index (χ1v) is 10.5. The Kier molecular flexibility index (Phi) is 5.80. The summed E-state index contributed by atoms with van der Waals surface area (Å²) in [7, 11) is 0. The van der Waals surface area contributed by atoms with Crippen molar-refractivity contribution in [2.24, 2.45) is 5.92 Å². The van der Waals surface area contributed by atoms with Gasteiger partial charge >= 0.3 is 0 Å². The predicted molar refractivity (Wildman–Crippen MR) is 108 cm³/mol. The summed E-state index contributed by atoms with van der Waals surface area (Å²) in [5, 5.41) is 10.8. The van der Waals surface area contributed by atoms with Gasteiger partial charge in [-0.2, -0.15) is 5.10 Å². The lowest BCUT2D eigenvalue weighted by molar-refractivity contribution is -0.133. The number of H-pyrrole nitrogens is 1. The monoisotopic (exact) mass is 399 g/mol. The number of amides is 1. The fourth-order valence-corrected chi connectivity index (χ4v) is 4.33. The fourth-order valence-electron chi connectivity index (χ4n) is 4.33. The van der Waals surface area contributed by atoms with Gasteiger partial charge in [0.15, 0.2) is 5.76 Å². The van der Waals surface area contributed by atoms with Gasteiger partial charge in [-0.15, -0.1) is 0 Å². The first-order chi connectivity index (χ1) is 14.0. The highest BCUT2D eigenvalue weighted by molar-refractivity contribution is 5.78. The van der Waals surface area contributed by atoms with Gasteiger partial charge in [-0.3, -0.25) is 14.5 Å². The number of carbonyl (C=O) groups is 1. The molecule has 0 saturated carbocycles. The van der Waals surface area contributed by atoms with Crippen molar-refractivity contribution in [2.45, 2.75) is 45.4 Å².